The van der Waals surface area contributed by atoms with Gasteiger partial charge in [-0.15, -0.1) is 0 Å². The average Bonchev–Trinajstić information content (AvgIpc) is 2.75. The van der Waals surface area contributed by atoms with E-state index in [4.69, 9.17) is 4.74 Å². The lowest BCUT2D eigenvalue weighted by molar-refractivity contribution is -0.125. The zero-order valence-corrected chi connectivity index (χ0v) is 17.9. The summed E-state index contributed by atoms with van der Waals surface area (Å²) in [4.78, 5) is 37.7. The Morgan fingerprint density at radius 3 is 2.63 bits per heavy atom. The molecule has 7 nitrogen and oxygen atoms in total. The number of ether oxygens (including phenoxy) is 1. The van der Waals surface area contributed by atoms with Gasteiger partial charge in [-0.25, -0.2) is 9.48 Å². The molecule has 1 N–H and O–H groups in total. The number of aromatic nitrogens is 2. The standard InChI is InChI=1S/C23H31N3O4/c1-3-4-9-14-26-22(28)18-12-7-6-11-17(18)21(25-26)23(29)30-15-20(27)24-19-13-8-5-10-16(19)2/h6-7,11-12,16,19H,3-5,8-10,13-15H2,1-2H3,(H,24,27). The third-order valence-corrected chi connectivity index (χ3v) is 5.83. The third kappa shape index (κ3) is 5.26. The van der Waals surface area contributed by atoms with Crippen LogP contribution in [0.4, 0.5) is 0 Å². The number of amides is 1. The second-order valence-corrected chi connectivity index (χ2v) is 8.14. The fourth-order valence-corrected chi connectivity index (χ4v) is 4.03. The van der Waals surface area contributed by atoms with E-state index in [1.54, 1.807) is 24.3 Å². The van der Waals surface area contributed by atoms with Gasteiger partial charge in [-0.2, -0.15) is 5.10 Å². The van der Waals surface area contributed by atoms with Crippen LogP contribution in [0.2, 0.25) is 0 Å². The minimum absolute atomic E-state index is 0.0699. The van der Waals surface area contributed by atoms with Crippen LogP contribution in [0.15, 0.2) is 29.1 Å². The Labute approximate surface area is 176 Å². The van der Waals surface area contributed by atoms with Gasteiger partial charge in [-0.05, 0) is 31.2 Å². The van der Waals surface area contributed by atoms with E-state index in [1.807, 2.05) is 0 Å². The first kappa shape index (κ1) is 22.0. The summed E-state index contributed by atoms with van der Waals surface area (Å²) in [6, 6.07) is 7.00. The Balaban J connectivity index is 1.72. The van der Waals surface area contributed by atoms with Crippen molar-refractivity contribution < 1.29 is 14.3 Å². The average molecular weight is 414 g/mol. The van der Waals surface area contributed by atoms with E-state index in [0.29, 0.717) is 23.2 Å². The molecule has 7 heteroatoms. The van der Waals surface area contributed by atoms with Crippen molar-refractivity contribution in [1.82, 2.24) is 15.1 Å². The summed E-state index contributed by atoms with van der Waals surface area (Å²) in [6.07, 6.45) is 7.14. The summed E-state index contributed by atoms with van der Waals surface area (Å²) < 4.78 is 6.60. The molecule has 30 heavy (non-hydrogen) atoms. The number of hydrogen-bond donors (Lipinski definition) is 1. The topological polar surface area (TPSA) is 90.3 Å². The summed E-state index contributed by atoms with van der Waals surface area (Å²) >= 11 is 0. The molecule has 1 saturated carbocycles. The first-order chi connectivity index (χ1) is 14.5. The molecule has 1 amide bonds. The second kappa shape index (κ2) is 10.4. The van der Waals surface area contributed by atoms with Gasteiger partial charge in [0.2, 0.25) is 0 Å². The van der Waals surface area contributed by atoms with Crippen LogP contribution in [-0.4, -0.2) is 34.3 Å². The van der Waals surface area contributed by atoms with Crippen molar-refractivity contribution in [3.63, 3.8) is 0 Å². The highest BCUT2D eigenvalue weighted by Gasteiger charge is 2.24. The number of esters is 1. The minimum atomic E-state index is -0.692. The zero-order valence-electron chi connectivity index (χ0n) is 17.9. The number of benzene rings is 1. The van der Waals surface area contributed by atoms with Crippen molar-refractivity contribution in [1.29, 1.82) is 0 Å². The Hall–Kier alpha value is -2.70. The molecule has 1 aromatic carbocycles. The van der Waals surface area contributed by atoms with Crippen molar-refractivity contribution in [3.05, 3.63) is 40.3 Å². The van der Waals surface area contributed by atoms with E-state index in [9.17, 15) is 14.4 Å². The summed E-state index contributed by atoms with van der Waals surface area (Å²) in [6.45, 7) is 4.30. The molecule has 1 aliphatic carbocycles. The number of carbonyl (C=O) groups excluding carboxylic acids is 2. The molecule has 2 unspecified atom stereocenters. The van der Waals surface area contributed by atoms with Crippen molar-refractivity contribution in [3.8, 4) is 0 Å². The maximum absolute atomic E-state index is 12.7. The maximum atomic E-state index is 12.7. The van der Waals surface area contributed by atoms with Gasteiger partial charge in [-0.3, -0.25) is 9.59 Å². The number of fused-ring (bicyclic) bond motifs is 1. The highest BCUT2D eigenvalue weighted by atomic mass is 16.5. The normalized spacial score (nSPS) is 18.9. The summed E-state index contributed by atoms with van der Waals surface area (Å²) in [5, 5.41) is 8.12. The molecule has 1 fully saturated rings. The van der Waals surface area contributed by atoms with Crippen LogP contribution in [0.25, 0.3) is 10.8 Å². The highest BCUT2D eigenvalue weighted by molar-refractivity contribution is 6.02. The lowest BCUT2D eigenvalue weighted by Crippen LogP contribution is -2.43. The molecule has 1 heterocycles. The van der Waals surface area contributed by atoms with Crippen LogP contribution < -0.4 is 10.9 Å². The molecule has 0 aliphatic heterocycles. The van der Waals surface area contributed by atoms with Crippen LogP contribution in [-0.2, 0) is 16.1 Å². The number of hydrogen-bond acceptors (Lipinski definition) is 5. The Bertz CT molecular complexity index is 953. The van der Waals surface area contributed by atoms with Crippen LogP contribution >= 0.6 is 0 Å². The molecule has 1 aliphatic rings. The van der Waals surface area contributed by atoms with E-state index in [-0.39, 0.29) is 29.8 Å². The smallest absolute Gasteiger partial charge is 0.359 e. The monoisotopic (exact) mass is 413 g/mol. The van der Waals surface area contributed by atoms with Gasteiger partial charge in [0.05, 0.1) is 5.39 Å². The van der Waals surface area contributed by atoms with Gasteiger partial charge < -0.3 is 10.1 Å². The largest absolute Gasteiger partial charge is 0.451 e. The minimum Gasteiger partial charge on any atom is -0.451 e. The zero-order chi connectivity index (χ0) is 21.5. The summed E-state index contributed by atoms with van der Waals surface area (Å²) in [7, 11) is 0. The molecule has 162 valence electrons. The molecular formula is C23H31N3O4. The molecule has 0 spiro atoms. The van der Waals surface area contributed by atoms with E-state index >= 15 is 0 Å². The fraction of sp³-hybridized carbons (Fsp3) is 0.565. The molecule has 3 rings (SSSR count). The molecule has 1 aromatic heterocycles. The summed E-state index contributed by atoms with van der Waals surface area (Å²) in [5.74, 6) is -0.569. The highest BCUT2D eigenvalue weighted by Crippen LogP contribution is 2.23. The molecular weight excluding hydrogens is 382 g/mol. The molecule has 2 aromatic rings. The van der Waals surface area contributed by atoms with E-state index in [1.165, 1.54) is 11.1 Å². The Kier molecular flexibility index (Phi) is 7.60. The summed E-state index contributed by atoms with van der Waals surface area (Å²) in [5.41, 5.74) is -0.150. The lowest BCUT2D eigenvalue weighted by Gasteiger charge is -2.29. The Morgan fingerprint density at radius 2 is 1.90 bits per heavy atom. The first-order valence-electron chi connectivity index (χ1n) is 11.0. The molecule has 0 radical (unpaired) electrons. The fourth-order valence-electron chi connectivity index (χ4n) is 4.03. The van der Waals surface area contributed by atoms with Crippen LogP contribution in [0, 0.1) is 5.92 Å². The van der Waals surface area contributed by atoms with Crippen molar-refractivity contribution in [2.75, 3.05) is 6.61 Å². The van der Waals surface area contributed by atoms with Crippen molar-refractivity contribution >= 4 is 22.6 Å². The number of unbranched alkanes of at least 4 members (excludes halogenated alkanes) is 2. The molecule has 0 bridgehead atoms. The predicted molar refractivity (Wildman–Crippen MR) is 115 cm³/mol. The number of rotatable bonds is 8. The van der Waals surface area contributed by atoms with Crippen LogP contribution in [0.3, 0.4) is 0 Å². The quantitative estimate of drug-likeness (QED) is 0.529. The van der Waals surface area contributed by atoms with Crippen molar-refractivity contribution in [2.24, 2.45) is 5.92 Å². The lowest BCUT2D eigenvalue weighted by atomic mass is 9.86. The van der Waals surface area contributed by atoms with E-state index in [0.717, 1.165) is 38.5 Å². The van der Waals surface area contributed by atoms with Gasteiger partial charge in [0.15, 0.2) is 12.3 Å². The van der Waals surface area contributed by atoms with E-state index < -0.39 is 5.97 Å². The number of aryl methyl sites for hydroxylation is 1. The first-order valence-corrected chi connectivity index (χ1v) is 11.0. The van der Waals surface area contributed by atoms with E-state index in [2.05, 4.69) is 24.3 Å². The van der Waals surface area contributed by atoms with Crippen molar-refractivity contribution in [2.45, 2.75) is 71.4 Å². The SMILES string of the molecule is CCCCCn1nc(C(=O)OCC(=O)NC2CCCCC2C)c2ccccc2c1=O. The predicted octanol–water partition coefficient (Wildman–Crippen LogP) is 3.44. The van der Waals surface area contributed by atoms with Crippen LogP contribution in [0.1, 0.15) is 69.3 Å². The van der Waals surface area contributed by atoms with Gasteiger partial charge in [-0.1, -0.05) is 57.7 Å². The number of nitrogens with zero attached hydrogens (tertiary/aromatic N) is 2. The second-order valence-electron chi connectivity index (χ2n) is 8.14. The van der Waals surface area contributed by atoms with Gasteiger partial charge in [0.1, 0.15) is 0 Å². The van der Waals surface area contributed by atoms with Gasteiger partial charge in [0.25, 0.3) is 11.5 Å². The van der Waals surface area contributed by atoms with Crippen LogP contribution in [0.5, 0.6) is 0 Å². The maximum Gasteiger partial charge on any atom is 0.359 e. The molecule has 0 saturated heterocycles. The Morgan fingerprint density at radius 1 is 1.17 bits per heavy atom. The van der Waals surface area contributed by atoms with Gasteiger partial charge >= 0.3 is 5.97 Å². The third-order valence-electron chi connectivity index (χ3n) is 5.83. The molecule has 2 atom stereocenters. The number of nitrogens with one attached hydrogen (secondary N) is 1. The number of carbonyl (C=O) groups is 2. The van der Waals surface area contributed by atoms with Gasteiger partial charge in [0, 0.05) is 18.0 Å².